The molecule has 0 amide bonds. The van der Waals surface area contributed by atoms with Crippen LogP contribution in [0.2, 0.25) is 0 Å². The minimum Gasteiger partial charge on any atom is -0.363 e. The van der Waals surface area contributed by atoms with Crippen molar-refractivity contribution < 1.29 is 4.39 Å². The third-order valence-corrected chi connectivity index (χ3v) is 4.25. The Balaban J connectivity index is 1.76. The van der Waals surface area contributed by atoms with Crippen LogP contribution in [0.3, 0.4) is 0 Å². The molecule has 4 aromatic rings. The standard InChI is InChI=1S/C21H17FN4/c1-14(15-8-10-17(22)11-9-15)24-21-18-6-2-3-7-19(18)25-20(26-21)16-5-4-12-23-13-16/h2-14H,1H3,(H,24,25,26)/t14-/m1/s1. The fourth-order valence-electron chi connectivity index (χ4n) is 2.85. The zero-order valence-corrected chi connectivity index (χ0v) is 14.2. The Morgan fingerprint density at radius 1 is 0.923 bits per heavy atom. The van der Waals surface area contributed by atoms with Gasteiger partial charge in [0.15, 0.2) is 5.82 Å². The molecule has 2 aromatic carbocycles. The zero-order chi connectivity index (χ0) is 17.9. The number of hydrogen-bond acceptors (Lipinski definition) is 4. The molecule has 0 aliphatic rings. The molecule has 0 unspecified atom stereocenters. The van der Waals surface area contributed by atoms with Gasteiger partial charge in [0.25, 0.3) is 0 Å². The maximum atomic E-state index is 13.2. The zero-order valence-electron chi connectivity index (χ0n) is 14.2. The van der Waals surface area contributed by atoms with Crippen LogP contribution in [0.15, 0.2) is 73.1 Å². The van der Waals surface area contributed by atoms with E-state index >= 15 is 0 Å². The van der Waals surface area contributed by atoms with Crippen molar-refractivity contribution in [2.75, 3.05) is 5.32 Å². The first-order valence-corrected chi connectivity index (χ1v) is 8.40. The van der Waals surface area contributed by atoms with Crippen molar-refractivity contribution in [3.8, 4) is 11.4 Å². The van der Waals surface area contributed by atoms with E-state index in [4.69, 9.17) is 4.98 Å². The van der Waals surface area contributed by atoms with Gasteiger partial charge >= 0.3 is 0 Å². The molecule has 0 bridgehead atoms. The number of fused-ring (bicyclic) bond motifs is 1. The summed E-state index contributed by atoms with van der Waals surface area (Å²) in [6.07, 6.45) is 3.47. The number of hydrogen-bond donors (Lipinski definition) is 1. The largest absolute Gasteiger partial charge is 0.363 e. The lowest BCUT2D eigenvalue weighted by Crippen LogP contribution is -2.09. The van der Waals surface area contributed by atoms with E-state index in [2.05, 4.69) is 15.3 Å². The number of halogens is 1. The lowest BCUT2D eigenvalue weighted by molar-refractivity contribution is 0.626. The summed E-state index contributed by atoms with van der Waals surface area (Å²) >= 11 is 0. The van der Waals surface area contributed by atoms with Gasteiger partial charge in [0.1, 0.15) is 11.6 Å². The number of aromatic nitrogens is 3. The Bertz CT molecular complexity index is 1030. The van der Waals surface area contributed by atoms with E-state index in [1.54, 1.807) is 24.5 Å². The molecular weight excluding hydrogens is 327 g/mol. The number of rotatable bonds is 4. The highest BCUT2D eigenvalue weighted by molar-refractivity contribution is 5.90. The number of nitrogens with one attached hydrogen (secondary N) is 1. The fourth-order valence-corrected chi connectivity index (χ4v) is 2.85. The predicted molar refractivity (Wildman–Crippen MR) is 101 cm³/mol. The molecule has 0 saturated carbocycles. The highest BCUT2D eigenvalue weighted by Gasteiger charge is 2.12. The lowest BCUT2D eigenvalue weighted by Gasteiger charge is -2.17. The monoisotopic (exact) mass is 344 g/mol. The maximum Gasteiger partial charge on any atom is 0.163 e. The molecule has 0 saturated heterocycles. The lowest BCUT2D eigenvalue weighted by atomic mass is 10.1. The normalized spacial score (nSPS) is 12.1. The van der Waals surface area contributed by atoms with Gasteiger partial charge in [0, 0.05) is 29.4 Å². The Morgan fingerprint density at radius 3 is 2.50 bits per heavy atom. The van der Waals surface area contributed by atoms with Crippen molar-refractivity contribution in [2.24, 2.45) is 0 Å². The average Bonchev–Trinajstić information content (AvgIpc) is 2.69. The number of nitrogens with zero attached hydrogens (tertiary/aromatic N) is 3. The van der Waals surface area contributed by atoms with Crippen LogP contribution in [0.1, 0.15) is 18.5 Å². The topological polar surface area (TPSA) is 50.7 Å². The van der Waals surface area contributed by atoms with Gasteiger partial charge in [-0.25, -0.2) is 14.4 Å². The molecule has 0 radical (unpaired) electrons. The smallest absolute Gasteiger partial charge is 0.163 e. The number of para-hydroxylation sites is 1. The number of pyridine rings is 1. The van der Waals surface area contributed by atoms with Crippen molar-refractivity contribution in [3.63, 3.8) is 0 Å². The van der Waals surface area contributed by atoms with Gasteiger partial charge in [0.05, 0.1) is 5.52 Å². The minimum atomic E-state index is -0.243. The summed E-state index contributed by atoms with van der Waals surface area (Å²) in [4.78, 5) is 13.5. The third kappa shape index (κ3) is 3.24. The molecule has 1 atom stereocenters. The van der Waals surface area contributed by atoms with E-state index in [9.17, 15) is 4.39 Å². The summed E-state index contributed by atoms with van der Waals surface area (Å²) in [6.45, 7) is 2.02. The second kappa shape index (κ2) is 6.88. The molecule has 0 fully saturated rings. The summed E-state index contributed by atoms with van der Waals surface area (Å²) in [5, 5.41) is 4.38. The molecule has 128 valence electrons. The van der Waals surface area contributed by atoms with E-state index in [0.29, 0.717) is 5.82 Å². The molecular formula is C21H17FN4. The van der Waals surface area contributed by atoms with Gasteiger partial charge in [-0.05, 0) is 48.9 Å². The molecule has 1 N–H and O–H groups in total. The Morgan fingerprint density at radius 2 is 1.73 bits per heavy atom. The van der Waals surface area contributed by atoms with Gasteiger partial charge in [-0.3, -0.25) is 4.98 Å². The first-order chi connectivity index (χ1) is 12.7. The van der Waals surface area contributed by atoms with Crippen LogP contribution >= 0.6 is 0 Å². The molecule has 0 spiro atoms. The summed E-state index contributed by atoms with van der Waals surface area (Å²) in [5.41, 5.74) is 2.70. The molecule has 26 heavy (non-hydrogen) atoms. The first-order valence-electron chi connectivity index (χ1n) is 8.40. The Labute approximate surface area is 150 Å². The van der Waals surface area contributed by atoms with Crippen LogP contribution in [0.5, 0.6) is 0 Å². The Kier molecular flexibility index (Phi) is 4.27. The second-order valence-corrected chi connectivity index (χ2v) is 6.07. The highest BCUT2D eigenvalue weighted by Crippen LogP contribution is 2.27. The van der Waals surface area contributed by atoms with E-state index in [0.717, 1.165) is 27.8 Å². The first kappa shape index (κ1) is 16.1. The van der Waals surface area contributed by atoms with E-state index in [1.807, 2.05) is 43.3 Å². The van der Waals surface area contributed by atoms with Crippen molar-refractivity contribution in [1.82, 2.24) is 15.0 Å². The van der Waals surface area contributed by atoms with Gasteiger partial charge in [0.2, 0.25) is 0 Å². The van der Waals surface area contributed by atoms with Crippen LogP contribution in [-0.4, -0.2) is 15.0 Å². The highest BCUT2D eigenvalue weighted by atomic mass is 19.1. The fraction of sp³-hybridized carbons (Fsp3) is 0.0952. The number of benzene rings is 2. The van der Waals surface area contributed by atoms with Crippen LogP contribution in [0.25, 0.3) is 22.3 Å². The van der Waals surface area contributed by atoms with Crippen LogP contribution in [-0.2, 0) is 0 Å². The van der Waals surface area contributed by atoms with Crippen LogP contribution in [0, 0.1) is 5.82 Å². The van der Waals surface area contributed by atoms with Gasteiger partial charge in [-0.15, -0.1) is 0 Å². The summed E-state index contributed by atoms with van der Waals surface area (Å²) in [6, 6.07) is 18.1. The van der Waals surface area contributed by atoms with Gasteiger partial charge < -0.3 is 5.32 Å². The van der Waals surface area contributed by atoms with Crippen molar-refractivity contribution in [1.29, 1.82) is 0 Å². The third-order valence-electron chi connectivity index (χ3n) is 4.25. The number of anilines is 1. The van der Waals surface area contributed by atoms with E-state index in [-0.39, 0.29) is 11.9 Å². The molecule has 5 heteroatoms. The molecule has 4 rings (SSSR count). The average molecular weight is 344 g/mol. The Hall–Kier alpha value is -3.34. The van der Waals surface area contributed by atoms with E-state index in [1.165, 1.54) is 12.1 Å². The predicted octanol–water partition coefficient (Wildman–Crippen LogP) is 5.00. The molecule has 2 aromatic heterocycles. The van der Waals surface area contributed by atoms with Gasteiger partial charge in [-0.1, -0.05) is 24.3 Å². The minimum absolute atomic E-state index is 0.0318. The van der Waals surface area contributed by atoms with Crippen LogP contribution in [0.4, 0.5) is 10.2 Å². The summed E-state index contributed by atoms with van der Waals surface area (Å²) < 4.78 is 13.2. The summed E-state index contributed by atoms with van der Waals surface area (Å²) in [5.74, 6) is 1.11. The second-order valence-electron chi connectivity index (χ2n) is 6.07. The van der Waals surface area contributed by atoms with Gasteiger partial charge in [-0.2, -0.15) is 0 Å². The molecule has 4 nitrogen and oxygen atoms in total. The van der Waals surface area contributed by atoms with Crippen molar-refractivity contribution in [3.05, 3.63) is 84.4 Å². The quantitative estimate of drug-likeness (QED) is 0.566. The van der Waals surface area contributed by atoms with E-state index < -0.39 is 0 Å². The maximum absolute atomic E-state index is 13.2. The molecule has 2 heterocycles. The van der Waals surface area contributed by atoms with Crippen molar-refractivity contribution in [2.45, 2.75) is 13.0 Å². The summed E-state index contributed by atoms with van der Waals surface area (Å²) in [7, 11) is 0. The van der Waals surface area contributed by atoms with Crippen molar-refractivity contribution >= 4 is 16.7 Å². The SMILES string of the molecule is C[C@@H](Nc1nc(-c2cccnc2)nc2ccccc12)c1ccc(F)cc1. The van der Waals surface area contributed by atoms with Crippen LogP contribution < -0.4 is 5.32 Å². The molecule has 0 aliphatic heterocycles. The molecule has 0 aliphatic carbocycles.